The van der Waals surface area contributed by atoms with Crippen molar-refractivity contribution in [3.05, 3.63) is 34.0 Å². The van der Waals surface area contributed by atoms with E-state index in [0.717, 1.165) is 50.1 Å². The lowest BCUT2D eigenvalue weighted by Gasteiger charge is -2.35. The number of fused-ring (bicyclic) bond motifs is 1. The van der Waals surface area contributed by atoms with E-state index in [1.54, 1.807) is 0 Å². The van der Waals surface area contributed by atoms with Gasteiger partial charge in [0.15, 0.2) is 5.96 Å². The van der Waals surface area contributed by atoms with E-state index in [0.29, 0.717) is 0 Å². The molecule has 4 rings (SSSR count). The molecule has 152 valence electrons. The number of rotatable bonds is 5. The molecular formula is C21H32N6S. The summed E-state index contributed by atoms with van der Waals surface area (Å²) in [5.74, 6) is 2.80. The summed E-state index contributed by atoms with van der Waals surface area (Å²) < 4.78 is 2.05. The molecule has 0 amide bonds. The molecule has 7 heteroatoms. The van der Waals surface area contributed by atoms with Gasteiger partial charge in [-0.3, -0.25) is 4.99 Å². The van der Waals surface area contributed by atoms with E-state index >= 15 is 0 Å². The average Bonchev–Trinajstić information content (AvgIpc) is 3.37. The van der Waals surface area contributed by atoms with Crippen LogP contribution in [-0.4, -0.2) is 33.8 Å². The zero-order valence-corrected chi connectivity index (χ0v) is 17.9. The molecule has 1 saturated carbocycles. The Balaban J connectivity index is 1.53. The summed E-state index contributed by atoms with van der Waals surface area (Å²) in [4.78, 5) is 11.2. The number of aliphatic imine (C=N–C) groups is 1. The highest BCUT2D eigenvalue weighted by atomic mass is 32.1. The first-order valence-electron chi connectivity index (χ1n) is 10.7. The van der Waals surface area contributed by atoms with Crippen molar-refractivity contribution in [1.29, 1.82) is 0 Å². The van der Waals surface area contributed by atoms with Crippen molar-refractivity contribution in [3.63, 3.8) is 0 Å². The lowest BCUT2D eigenvalue weighted by molar-refractivity contribution is 0.306. The fraction of sp³-hybridized carbons (Fsp3) is 0.667. The third-order valence-corrected chi connectivity index (χ3v) is 7.15. The van der Waals surface area contributed by atoms with Crippen LogP contribution in [0.1, 0.15) is 74.4 Å². The van der Waals surface area contributed by atoms with E-state index < -0.39 is 0 Å². The first-order valence-corrected chi connectivity index (χ1v) is 11.6. The summed E-state index contributed by atoms with van der Waals surface area (Å²) in [5, 5.41) is 13.8. The number of aryl methyl sites for hydroxylation is 2. The minimum Gasteiger partial charge on any atom is -0.357 e. The van der Waals surface area contributed by atoms with Gasteiger partial charge in [-0.1, -0.05) is 25.3 Å². The lowest BCUT2D eigenvalue weighted by Crippen LogP contribution is -2.43. The topological polar surface area (TPSA) is 67.1 Å². The highest BCUT2D eigenvalue weighted by molar-refractivity contribution is 7.10. The number of thiophene rings is 1. The Kier molecular flexibility index (Phi) is 5.99. The predicted molar refractivity (Wildman–Crippen MR) is 115 cm³/mol. The van der Waals surface area contributed by atoms with Crippen molar-refractivity contribution in [2.75, 3.05) is 13.1 Å². The molecule has 2 aromatic heterocycles. The van der Waals surface area contributed by atoms with Crippen LogP contribution in [0.4, 0.5) is 0 Å². The summed E-state index contributed by atoms with van der Waals surface area (Å²) in [7, 11) is 0. The van der Waals surface area contributed by atoms with Crippen molar-refractivity contribution >= 4 is 17.3 Å². The summed E-state index contributed by atoms with van der Waals surface area (Å²) in [5.41, 5.74) is 0.206. The number of aromatic nitrogens is 3. The first kappa shape index (κ1) is 19.4. The Labute approximate surface area is 171 Å². The molecule has 0 saturated heterocycles. The maximum atomic E-state index is 5.08. The average molecular weight is 401 g/mol. The first-order chi connectivity index (χ1) is 13.7. The van der Waals surface area contributed by atoms with Crippen LogP contribution in [0.5, 0.6) is 0 Å². The monoisotopic (exact) mass is 400 g/mol. The SMILES string of the molecule is CCNC(=NCC1(c2cccs2)CCCCC1)NC1CCCn2nc(C)nc21. The van der Waals surface area contributed by atoms with Gasteiger partial charge in [0.05, 0.1) is 12.6 Å². The molecule has 1 aliphatic heterocycles. The van der Waals surface area contributed by atoms with Gasteiger partial charge in [0.2, 0.25) is 0 Å². The zero-order chi connectivity index (χ0) is 19.4. The van der Waals surface area contributed by atoms with Crippen molar-refractivity contribution in [1.82, 2.24) is 25.4 Å². The fourth-order valence-electron chi connectivity index (χ4n) is 4.61. The van der Waals surface area contributed by atoms with Crippen LogP contribution >= 0.6 is 11.3 Å². The Morgan fingerprint density at radius 2 is 2.18 bits per heavy atom. The van der Waals surface area contributed by atoms with E-state index in [1.807, 2.05) is 22.9 Å². The van der Waals surface area contributed by atoms with Crippen molar-refractivity contribution in [2.45, 2.75) is 76.8 Å². The fourth-order valence-corrected chi connectivity index (χ4v) is 5.59. The molecule has 2 N–H and O–H groups in total. The van der Waals surface area contributed by atoms with Gasteiger partial charge in [-0.2, -0.15) is 5.10 Å². The second-order valence-electron chi connectivity index (χ2n) is 8.09. The molecule has 2 aromatic rings. The summed E-state index contributed by atoms with van der Waals surface area (Å²) in [6.07, 6.45) is 8.64. The van der Waals surface area contributed by atoms with Gasteiger partial charge in [0.25, 0.3) is 0 Å². The molecule has 2 aliphatic rings. The number of guanidine groups is 1. The second-order valence-corrected chi connectivity index (χ2v) is 9.04. The molecule has 0 bridgehead atoms. The quantitative estimate of drug-likeness (QED) is 0.589. The van der Waals surface area contributed by atoms with Gasteiger partial charge in [-0.05, 0) is 51.0 Å². The van der Waals surface area contributed by atoms with Gasteiger partial charge in [0, 0.05) is 23.4 Å². The highest BCUT2D eigenvalue weighted by Crippen LogP contribution is 2.41. The molecule has 0 spiro atoms. The highest BCUT2D eigenvalue weighted by Gasteiger charge is 2.35. The molecule has 28 heavy (non-hydrogen) atoms. The van der Waals surface area contributed by atoms with Gasteiger partial charge in [0.1, 0.15) is 11.6 Å². The van der Waals surface area contributed by atoms with Crippen molar-refractivity contribution < 1.29 is 0 Å². The maximum absolute atomic E-state index is 5.08. The lowest BCUT2D eigenvalue weighted by atomic mass is 9.73. The normalized spacial score (nSPS) is 21.9. The summed E-state index contributed by atoms with van der Waals surface area (Å²) in [6, 6.07) is 4.66. The number of nitrogens with one attached hydrogen (secondary N) is 2. The molecule has 6 nitrogen and oxygen atoms in total. The van der Waals surface area contributed by atoms with Crippen LogP contribution < -0.4 is 10.6 Å². The van der Waals surface area contributed by atoms with Gasteiger partial charge in [-0.25, -0.2) is 9.67 Å². The molecule has 1 unspecified atom stereocenters. The van der Waals surface area contributed by atoms with Crippen molar-refractivity contribution in [2.24, 2.45) is 4.99 Å². The third kappa shape index (κ3) is 4.09. The van der Waals surface area contributed by atoms with E-state index in [1.165, 1.54) is 37.0 Å². The molecule has 0 radical (unpaired) electrons. The number of hydrogen-bond acceptors (Lipinski definition) is 4. The maximum Gasteiger partial charge on any atom is 0.191 e. The van der Waals surface area contributed by atoms with E-state index in [2.05, 4.69) is 45.2 Å². The van der Waals surface area contributed by atoms with Crippen LogP contribution in [0, 0.1) is 6.92 Å². The van der Waals surface area contributed by atoms with Crippen LogP contribution in [0.25, 0.3) is 0 Å². The van der Waals surface area contributed by atoms with Gasteiger partial charge >= 0.3 is 0 Å². The number of hydrogen-bond donors (Lipinski definition) is 2. The standard InChI is InChI=1S/C21H32N6S/c1-3-22-20(25-17-9-7-13-27-19(17)24-16(2)26-27)23-15-21(11-5-4-6-12-21)18-10-8-14-28-18/h8,10,14,17H,3-7,9,11-13,15H2,1-2H3,(H2,22,23,25). The van der Waals surface area contributed by atoms with E-state index in [9.17, 15) is 0 Å². The Bertz CT molecular complexity index is 788. The largest absolute Gasteiger partial charge is 0.357 e. The minimum absolute atomic E-state index is 0.178. The molecule has 0 aromatic carbocycles. The van der Waals surface area contributed by atoms with Gasteiger partial charge < -0.3 is 10.6 Å². The number of nitrogens with zero attached hydrogens (tertiary/aromatic N) is 4. The van der Waals surface area contributed by atoms with Crippen LogP contribution in [0.15, 0.2) is 22.5 Å². The molecule has 3 heterocycles. The van der Waals surface area contributed by atoms with Crippen LogP contribution in [0.2, 0.25) is 0 Å². The van der Waals surface area contributed by atoms with Crippen LogP contribution in [0.3, 0.4) is 0 Å². The Morgan fingerprint density at radius 3 is 2.93 bits per heavy atom. The van der Waals surface area contributed by atoms with E-state index in [4.69, 9.17) is 4.99 Å². The van der Waals surface area contributed by atoms with Gasteiger partial charge in [-0.15, -0.1) is 11.3 Å². The smallest absolute Gasteiger partial charge is 0.191 e. The predicted octanol–water partition coefficient (Wildman–Crippen LogP) is 3.94. The van der Waals surface area contributed by atoms with Crippen molar-refractivity contribution in [3.8, 4) is 0 Å². The second kappa shape index (κ2) is 8.64. The molecular weight excluding hydrogens is 368 g/mol. The third-order valence-electron chi connectivity index (χ3n) is 6.03. The van der Waals surface area contributed by atoms with Crippen LogP contribution in [-0.2, 0) is 12.0 Å². The Hall–Kier alpha value is -1.89. The minimum atomic E-state index is 0.178. The Morgan fingerprint density at radius 1 is 1.32 bits per heavy atom. The summed E-state index contributed by atoms with van der Waals surface area (Å²) in [6.45, 7) is 6.76. The summed E-state index contributed by atoms with van der Waals surface area (Å²) >= 11 is 1.89. The molecule has 1 aliphatic carbocycles. The molecule has 1 atom stereocenters. The zero-order valence-electron chi connectivity index (χ0n) is 17.1. The molecule has 1 fully saturated rings. The van der Waals surface area contributed by atoms with E-state index in [-0.39, 0.29) is 11.5 Å².